The third-order valence-corrected chi connectivity index (χ3v) is 6.94. The van der Waals surface area contributed by atoms with E-state index in [0.29, 0.717) is 15.7 Å². The van der Waals surface area contributed by atoms with Gasteiger partial charge in [-0.3, -0.25) is 10.1 Å². The van der Waals surface area contributed by atoms with E-state index in [2.05, 4.69) is 10.6 Å². The second-order valence-corrected chi connectivity index (χ2v) is 10.0. The smallest absolute Gasteiger partial charge is 0.242 e. The number of sulfonamides is 1. The van der Waals surface area contributed by atoms with Gasteiger partial charge in [0.25, 0.3) is 0 Å². The molecule has 2 atom stereocenters. The molecule has 0 aliphatic heterocycles. The lowest BCUT2D eigenvalue weighted by molar-refractivity contribution is -0.117. The van der Waals surface area contributed by atoms with Gasteiger partial charge in [-0.05, 0) is 56.2 Å². The number of nitrogens with one attached hydrogen (secondary N) is 2. The maximum absolute atomic E-state index is 12.7. The number of amides is 1. The Hall–Kier alpha value is -1.64. The summed E-state index contributed by atoms with van der Waals surface area (Å²) < 4.78 is 25.8. The first-order valence-electron chi connectivity index (χ1n) is 8.98. The first-order chi connectivity index (χ1) is 13.4. The van der Waals surface area contributed by atoms with E-state index in [1.165, 1.54) is 26.2 Å². The summed E-state index contributed by atoms with van der Waals surface area (Å²) in [5.74, 6) is -0.288. The van der Waals surface area contributed by atoms with E-state index in [4.69, 9.17) is 23.2 Å². The van der Waals surface area contributed by atoms with Crippen LogP contribution in [0.2, 0.25) is 10.0 Å². The molecule has 6 nitrogen and oxygen atoms in total. The van der Waals surface area contributed by atoms with Crippen molar-refractivity contribution in [1.82, 2.24) is 9.62 Å². The van der Waals surface area contributed by atoms with Gasteiger partial charge in [0, 0.05) is 35.9 Å². The zero-order valence-electron chi connectivity index (χ0n) is 17.0. The predicted octanol–water partition coefficient (Wildman–Crippen LogP) is 4.23. The number of carbonyl (C=O) groups excluding carboxylic acids is 1. The SMILES string of the molecule is Cc1ccc(S(=O)(=O)N(C)C)cc1NC(=O)[C@H](C)N[C@H](C)c1ccc(Cl)cc1Cl. The summed E-state index contributed by atoms with van der Waals surface area (Å²) in [6.07, 6.45) is 0. The highest BCUT2D eigenvalue weighted by molar-refractivity contribution is 7.89. The first kappa shape index (κ1) is 23.6. The van der Waals surface area contributed by atoms with Crippen LogP contribution in [0.1, 0.15) is 31.0 Å². The van der Waals surface area contributed by atoms with Crippen LogP contribution in [-0.2, 0) is 14.8 Å². The number of carbonyl (C=O) groups is 1. The van der Waals surface area contributed by atoms with Gasteiger partial charge in [0.1, 0.15) is 0 Å². The molecule has 0 aromatic heterocycles. The quantitative estimate of drug-likeness (QED) is 0.651. The second kappa shape index (κ2) is 9.45. The lowest BCUT2D eigenvalue weighted by Gasteiger charge is -2.21. The lowest BCUT2D eigenvalue weighted by Crippen LogP contribution is -2.39. The molecule has 0 unspecified atom stereocenters. The van der Waals surface area contributed by atoms with Crippen molar-refractivity contribution in [3.05, 3.63) is 57.6 Å². The van der Waals surface area contributed by atoms with Crippen molar-refractivity contribution in [3.8, 4) is 0 Å². The molecule has 2 aromatic carbocycles. The summed E-state index contributed by atoms with van der Waals surface area (Å²) in [4.78, 5) is 12.8. The number of benzene rings is 2. The molecule has 9 heteroatoms. The molecule has 0 bridgehead atoms. The second-order valence-electron chi connectivity index (χ2n) is 7.03. The fourth-order valence-electron chi connectivity index (χ4n) is 2.74. The van der Waals surface area contributed by atoms with Gasteiger partial charge in [0.15, 0.2) is 0 Å². The zero-order valence-corrected chi connectivity index (χ0v) is 19.3. The summed E-state index contributed by atoms with van der Waals surface area (Å²) in [5.41, 5.74) is 2.03. The Labute approximate surface area is 182 Å². The molecular formula is C20H25Cl2N3O3S. The molecule has 29 heavy (non-hydrogen) atoms. The summed E-state index contributed by atoms with van der Waals surface area (Å²) in [6.45, 7) is 5.43. The molecule has 2 aromatic rings. The largest absolute Gasteiger partial charge is 0.324 e. The average molecular weight is 458 g/mol. The van der Waals surface area contributed by atoms with Crippen LogP contribution in [0.4, 0.5) is 5.69 Å². The molecule has 158 valence electrons. The molecule has 2 N–H and O–H groups in total. The maximum Gasteiger partial charge on any atom is 0.242 e. The van der Waals surface area contributed by atoms with Crippen LogP contribution >= 0.6 is 23.2 Å². The van der Waals surface area contributed by atoms with Crippen LogP contribution < -0.4 is 10.6 Å². The number of hydrogen-bond donors (Lipinski definition) is 2. The number of hydrogen-bond acceptors (Lipinski definition) is 4. The van der Waals surface area contributed by atoms with Gasteiger partial charge in [-0.2, -0.15) is 0 Å². The van der Waals surface area contributed by atoms with Crippen molar-refractivity contribution in [2.45, 2.75) is 37.8 Å². The standard InChI is InChI=1S/C20H25Cl2N3O3S/c1-12-6-8-16(29(27,28)25(4)5)11-19(12)24-20(26)14(3)23-13(2)17-9-7-15(21)10-18(17)22/h6-11,13-14,23H,1-5H3,(H,24,26)/t13-,14+/m1/s1. The van der Waals surface area contributed by atoms with Crippen LogP contribution in [0, 0.1) is 6.92 Å². The van der Waals surface area contributed by atoms with Crippen molar-refractivity contribution in [3.63, 3.8) is 0 Å². The molecule has 2 rings (SSSR count). The predicted molar refractivity (Wildman–Crippen MR) is 118 cm³/mol. The van der Waals surface area contributed by atoms with Crippen LogP contribution in [0.25, 0.3) is 0 Å². The van der Waals surface area contributed by atoms with Gasteiger partial charge in [-0.25, -0.2) is 12.7 Å². The van der Waals surface area contributed by atoms with Crippen LogP contribution in [0.3, 0.4) is 0 Å². The van der Waals surface area contributed by atoms with E-state index < -0.39 is 16.1 Å². The van der Waals surface area contributed by atoms with Gasteiger partial charge in [-0.1, -0.05) is 35.3 Å². The summed E-state index contributed by atoms with van der Waals surface area (Å²) in [6, 6.07) is 9.12. The van der Waals surface area contributed by atoms with Crippen LogP contribution in [-0.4, -0.2) is 38.8 Å². The summed E-state index contributed by atoms with van der Waals surface area (Å²) in [7, 11) is -0.673. The zero-order chi connectivity index (χ0) is 21.9. The Morgan fingerprint density at radius 2 is 1.72 bits per heavy atom. The van der Waals surface area contributed by atoms with Gasteiger partial charge in [0.05, 0.1) is 10.9 Å². The number of anilines is 1. The van der Waals surface area contributed by atoms with E-state index in [9.17, 15) is 13.2 Å². The minimum absolute atomic E-state index is 0.116. The molecule has 0 fully saturated rings. The highest BCUT2D eigenvalue weighted by atomic mass is 35.5. The minimum atomic E-state index is -3.59. The lowest BCUT2D eigenvalue weighted by atomic mass is 10.1. The third-order valence-electron chi connectivity index (χ3n) is 4.57. The molecule has 0 spiro atoms. The number of nitrogens with zero attached hydrogens (tertiary/aromatic N) is 1. The van der Waals surface area contributed by atoms with Gasteiger partial charge in [0.2, 0.25) is 15.9 Å². The van der Waals surface area contributed by atoms with Crippen LogP contribution in [0.5, 0.6) is 0 Å². The normalized spacial score (nSPS) is 13.9. The van der Waals surface area contributed by atoms with Crippen molar-refractivity contribution < 1.29 is 13.2 Å². The van der Waals surface area contributed by atoms with E-state index in [1.54, 1.807) is 32.0 Å². The van der Waals surface area contributed by atoms with Crippen LogP contribution in [0.15, 0.2) is 41.3 Å². The topological polar surface area (TPSA) is 78.5 Å². The fraction of sp³-hybridized carbons (Fsp3) is 0.350. The van der Waals surface area contributed by atoms with Crippen molar-refractivity contribution in [1.29, 1.82) is 0 Å². The van der Waals surface area contributed by atoms with E-state index in [0.717, 1.165) is 15.4 Å². The summed E-state index contributed by atoms with van der Waals surface area (Å²) >= 11 is 12.2. The Morgan fingerprint density at radius 3 is 2.31 bits per heavy atom. The molecule has 0 saturated carbocycles. The first-order valence-corrected chi connectivity index (χ1v) is 11.2. The minimum Gasteiger partial charge on any atom is -0.324 e. The van der Waals surface area contributed by atoms with Gasteiger partial charge in [-0.15, -0.1) is 0 Å². The monoisotopic (exact) mass is 457 g/mol. The number of aryl methyl sites for hydroxylation is 1. The van der Waals surface area contributed by atoms with Gasteiger partial charge >= 0.3 is 0 Å². The van der Waals surface area contributed by atoms with Crippen molar-refractivity contribution in [2.75, 3.05) is 19.4 Å². The molecule has 0 aliphatic rings. The molecule has 0 heterocycles. The maximum atomic E-state index is 12.7. The van der Waals surface area contributed by atoms with Gasteiger partial charge < -0.3 is 5.32 Å². The summed E-state index contributed by atoms with van der Waals surface area (Å²) in [5, 5.41) is 7.05. The Morgan fingerprint density at radius 1 is 1.07 bits per heavy atom. The van der Waals surface area contributed by atoms with E-state index in [-0.39, 0.29) is 16.8 Å². The molecule has 0 radical (unpaired) electrons. The molecule has 0 saturated heterocycles. The molecule has 1 amide bonds. The average Bonchev–Trinajstić information content (AvgIpc) is 2.62. The Bertz CT molecular complexity index is 1010. The van der Waals surface area contributed by atoms with Crippen molar-refractivity contribution in [2.24, 2.45) is 0 Å². The van der Waals surface area contributed by atoms with Crippen molar-refractivity contribution >= 4 is 44.8 Å². The van der Waals surface area contributed by atoms with E-state index >= 15 is 0 Å². The third kappa shape index (κ3) is 5.71. The number of halogens is 2. The molecule has 0 aliphatic carbocycles. The molecular weight excluding hydrogens is 433 g/mol. The Kier molecular flexibility index (Phi) is 7.70. The fourth-order valence-corrected chi connectivity index (χ4v) is 4.24. The highest BCUT2D eigenvalue weighted by Gasteiger charge is 2.21. The number of rotatable bonds is 7. The van der Waals surface area contributed by atoms with E-state index in [1.807, 2.05) is 13.0 Å². The Balaban J connectivity index is 2.15. The highest BCUT2D eigenvalue weighted by Crippen LogP contribution is 2.27.